The minimum atomic E-state index is 0. The zero-order chi connectivity index (χ0) is 10.9. The van der Waals surface area contributed by atoms with Gasteiger partial charge in [-0.15, -0.1) is 12.8 Å². The summed E-state index contributed by atoms with van der Waals surface area (Å²) in [5.74, 6) is 0. The molecule has 0 nitrogen and oxygen atoms in total. The van der Waals surface area contributed by atoms with Crippen LogP contribution in [0.15, 0.2) is 35.5 Å². The van der Waals surface area contributed by atoms with Crippen molar-refractivity contribution in [2.24, 2.45) is 0 Å². The Balaban J connectivity index is -0.000000245. The van der Waals surface area contributed by atoms with Gasteiger partial charge in [0.2, 0.25) is 0 Å². The Bertz CT molecular complexity index is 292. The molecule has 0 aromatic heterocycles. The average Bonchev–Trinajstić information content (AvgIpc) is 2.89. The van der Waals surface area contributed by atoms with E-state index in [0.29, 0.717) is 0 Å². The van der Waals surface area contributed by atoms with Crippen LogP contribution in [0, 0.1) is 12.2 Å². The normalized spacial score (nSPS) is 14.3. The van der Waals surface area contributed by atoms with E-state index in [-0.39, 0.29) is 51.0 Å². The maximum atomic E-state index is 3.30. The summed E-state index contributed by atoms with van der Waals surface area (Å²) in [6.45, 7) is 4.40. The predicted molar refractivity (Wildman–Crippen MR) is 66.2 cm³/mol. The van der Waals surface area contributed by atoms with Crippen molar-refractivity contribution in [2.75, 3.05) is 0 Å². The van der Waals surface area contributed by atoms with Gasteiger partial charge in [-0.1, -0.05) is 33.1 Å². The number of unbranched alkanes of at least 4 members (excludes halogenated alkanes) is 1. The number of allylic oxidation sites excluding steroid dienone is 8. The smallest absolute Gasteiger partial charge is 1.00 e. The molecule has 0 radical (unpaired) electrons. The van der Waals surface area contributed by atoms with Crippen LogP contribution < -0.4 is 24.8 Å². The monoisotopic (exact) mass is 360 g/mol. The summed E-state index contributed by atoms with van der Waals surface area (Å²) in [6.07, 6.45) is 20.5. The van der Waals surface area contributed by atoms with Gasteiger partial charge in [0.15, 0.2) is 0 Å². The molecule has 18 heavy (non-hydrogen) atoms. The van der Waals surface area contributed by atoms with Crippen molar-refractivity contribution in [2.45, 2.75) is 46.0 Å². The first-order valence-corrected chi connectivity index (χ1v) is 5.83. The molecule has 0 saturated carbocycles. The number of rotatable bonds is 3. The first-order chi connectivity index (χ1) is 7.34. The minimum absolute atomic E-state index is 0. The van der Waals surface area contributed by atoms with Gasteiger partial charge in [-0.05, 0) is 0 Å². The maximum Gasteiger partial charge on any atom is 4.00 e. The zero-order valence-electron chi connectivity index (χ0n) is 11.1. The zero-order valence-corrected chi connectivity index (χ0v) is 15.1. The minimum Gasteiger partial charge on any atom is -1.00 e. The van der Waals surface area contributed by atoms with Gasteiger partial charge in [0.05, 0.1) is 0 Å². The van der Waals surface area contributed by atoms with E-state index in [0.717, 1.165) is 12.8 Å². The van der Waals surface area contributed by atoms with E-state index in [1.807, 2.05) is 12.2 Å². The van der Waals surface area contributed by atoms with E-state index in [9.17, 15) is 0 Å². The molecule has 0 spiro atoms. The van der Waals surface area contributed by atoms with Gasteiger partial charge >= 0.3 is 26.2 Å². The first kappa shape index (κ1) is 23.5. The third-order valence-electron chi connectivity index (χ3n) is 2.58. The largest absolute Gasteiger partial charge is 4.00 e. The van der Waals surface area contributed by atoms with Crippen molar-refractivity contribution in [1.29, 1.82) is 0 Å². The van der Waals surface area contributed by atoms with E-state index >= 15 is 0 Å². The standard InChI is InChI=1S/C10H15.C5H5.2ClH.Zr/c1-3-4-7-10-8-5-6-9(10)2;1-2-4-5-3-1;;;/h8H,3-5,7H2,1-2H3;1-3H,4H2;2*1H;/q2*-1;;;+4/p-2. The van der Waals surface area contributed by atoms with Crippen LogP contribution in [0.5, 0.6) is 0 Å². The molecule has 0 bridgehead atoms. The molecule has 0 heterocycles. The van der Waals surface area contributed by atoms with Crippen LogP contribution in [0.25, 0.3) is 0 Å². The quantitative estimate of drug-likeness (QED) is 0.540. The third kappa shape index (κ3) is 10.4. The number of halogens is 2. The summed E-state index contributed by atoms with van der Waals surface area (Å²) < 4.78 is 0. The first-order valence-electron chi connectivity index (χ1n) is 5.83. The Labute approximate surface area is 144 Å². The molecule has 0 aromatic rings. The van der Waals surface area contributed by atoms with Gasteiger partial charge in [-0.3, -0.25) is 12.2 Å². The maximum absolute atomic E-state index is 3.30. The molecule has 0 amide bonds. The summed E-state index contributed by atoms with van der Waals surface area (Å²) in [7, 11) is 0. The van der Waals surface area contributed by atoms with Gasteiger partial charge in [-0.25, -0.2) is 17.7 Å². The molecular formula is C15H20Cl2Zr. The topological polar surface area (TPSA) is 0 Å². The molecule has 0 N–H and O–H groups in total. The second-order valence-electron chi connectivity index (χ2n) is 3.84. The van der Waals surface area contributed by atoms with Crippen molar-refractivity contribution in [1.82, 2.24) is 0 Å². The fourth-order valence-electron chi connectivity index (χ4n) is 1.59. The van der Waals surface area contributed by atoms with Gasteiger partial charge in [0.1, 0.15) is 0 Å². The van der Waals surface area contributed by atoms with Gasteiger partial charge < -0.3 is 24.8 Å². The van der Waals surface area contributed by atoms with Crippen molar-refractivity contribution in [3.8, 4) is 0 Å². The molecule has 2 aliphatic rings. The summed E-state index contributed by atoms with van der Waals surface area (Å²) in [5.41, 5.74) is 2.91. The van der Waals surface area contributed by atoms with Crippen LogP contribution in [0.4, 0.5) is 0 Å². The Morgan fingerprint density at radius 3 is 2.28 bits per heavy atom. The van der Waals surface area contributed by atoms with E-state index in [2.05, 4.69) is 38.2 Å². The van der Waals surface area contributed by atoms with Crippen LogP contribution >= 0.6 is 0 Å². The van der Waals surface area contributed by atoms with Crippen LogP contribution in [-0.2, 0) is 26.2 Å². The van der Waals surface area contributed by atoms with Crippen molar-refractivity contribution in [3.63, 3.8) is 0 Å². The Morgan fingerprint density at radius 1 is 1.22 bits per heavy atom. The third-order valence-corrected chi connectivity index (χ3v) is 2.58. The van der Waals surface area contributed by atoms with Crippen molar-refractivity contribution >= 4 is 0 Å². The van der Waals surface area contributed by atoms with Crippen molar-refractivity contribution < 1.29 is 51.0 Å². The Morgan fingerprint density at radius 2 is 1.94 bits per heavy atom. The molecule has 0 aromatic carbocycles. The fourth-order valence-corrected chi connectivity index (χ4v) is 1.59. The predicted octanol–water partition coefficient (Wildman–Crippen LogP) is -1.43. The average molecular weight is 362 g/mol. The molecule has 0 atom stereocenters. The van der Waals surface area contributed by atoms with Gasteiger partial charge in [0.25, 0.3) is 0 Å². The van der Waals surface area contributed by atoms with E-state index in [1.165, 1.54) is 30.4 Å². The Kier molecular flexibility index (Phi) is 20.2. The molecule has 0 aliphatic heterocycles. The second-order valence-corrected chi connectivity index (χ2v) is 3.84. The van der Waals surface area contributed by atoms with Crippen molar-refractivity contribution in [3.05, 3.63) is 47.6 Å². The SMILES string of the molecule is CCCCC1=CC[C-]=C1C.[C-]1=CC=CC1.[Cl-].[Cl-].[Zr+4]. The second kappa shape index (κ2) is 15.5. The summed E-state index contributed by atoms with van der Waals surface area (Å²) in [5, 5.41) is 0. The number of hydrogen-bond donors (Lipinski definition) is 0. The summed E-state index contributed by atoms with van der Waals surface area (Å²) in [4.78, 5) is 0. The fraction of sp³-hybridized carbons (Fsp3) is 0.467. The Hall–Kier alpha value is 0.423. The van der Waals surface area contributed by atoms with E-state index in [1.54, 1.807) is 0 Å². The van der Waals surface area contributed by atoms with E-state index in [4.69, 9.17) is 0 Å². The molecule has 2 rings (SSSR count). The molecule has 0 unspecified atom stereocenters. The molecular weight excluding hydrogens is 342 g/mol. The molecule has 98 valence electrons. The molecule has 3 heteroatoms. The van der Waals surface area contributed by atoms with Crippen LogP contribution in [0.1, 0.15) is 46.0 Å². The van der Waals surface area contributed by atoms with Crippen LogP contribution in [0.3, 0.4) is 0 Å². The van der Waals surface area contributed by atoms with Crippen LogP contribution in [-0.4, -0.2) is 0 Å². The van der Waals surface area contributed by atoms with Gasteiger partial charge in [0, 0.05) is 0 Å². The van der Waals surface area contributed by atoms with Gasteiger partial charge in [-0.2, -0.15) is 17.7 Å². The van der Waals surface area contributed by atoms with E-state index < -0.39 is 0 Å². The molecule has 0 saturated heterocycles. The summed E-state index contributed by atoms with van der Waals surface area (Å²) in [6, 6.07) is 0. The molecule has 0 fully saturated rings. The van der Waals surface area contributed by atoms with Crippen LogP contribution in [0.2, 0.25) is 0 Å². The summed E-state index contributed by atoms with van der Waals surface area (Å²) >= 11 is 0. The molecule has 2 aliphatic carbocycles. The number of hydrogen-bond acceptors (Lipinski definition) is 0.